The van der Waals surface area contributed by atoms with Crippen molar-refractivity contribution in [2.24, 2.45) is 11.8 Å². The second-order valence-electron chi connectivity index (χ2n) is 5.70. The van der Waals surface area contributed by atoms with Gasteiger partial charge in [0.05, 0.1) is 0 Å². The van der Waals surface area contributed by atoms with Crippen LogP contribution in [0, 0.1) is 11.8 Å². The monoisotopic (exact) mass is 251 g/mol. The molecule has 2 N–H and O–H groups in total. The minimum Gasteiger partial charge on any atom is -0.480 e. The van der Waals surface area contributed by atoms with Crippen molar-refractivity contribution >= 4 is 11.9 Å². The molecule has 4 heteroatoms. The molecule has 0 unspecified atom stereocenters. The van der Waals surface area contributed by atoms with Crippen LogP contribution in [0.2, 0.25) is 0 Å². The molecule has 0 spiro atoms. The minimum absolute atomic E-state index is 0.0689. The Hall–Kier alpha value is -1.32. The number of nitrogens with one attached hydrogen (secondary N) is 1. The molecule has 0 radical (unpaired) electrons. The van der Waals surface area contributed by atoms with Gasteiger partial charge in [-0.25, -0.2) is 4.79 Å². The summed E-state index contributed by atoms with van der Waals surface area (Å²) < 4.78 is 0. The lowest BCUT2D eigenvalue weighted by Gasteiger charge is -2.37. The van der Waals surface area contributed by atoms with Crippen LogP contribution in [0.5, 0.6) is 0 Å². The fourth-order valence-electron chi connectivity index (χ4n) is 2.82. The maximum Gasteiger partial charge on any atom is 0.329 e. The van der Waals surface area contributed by atoms with Gasteiger partial charge in [-0.15, -0.1) is 0 Å². The normalized spacial score (nSPS) is 32.4. The maximum atomic E-state index is 12.1. The number of carboxylic acid groups (broad SMARTS) is 1. The first-order valence-corrected chi connectivity index (χ1v) is 6.74. The van der Waals surface area contributed by atoms with Crippen LogP contribution in [0.3, 0.4) is 0 Å². The van der Waals surface area contributed by atoms with E-state index >= 15 is 0 Å². The number of carbonyl (C=O) groups is 2. The molecule has 4 nitrogen and oxygen atoms in total. The topological polar surface area (TPSA) is 66.4 Å². The number of carbonyl (C=O) groups excluding carboxylic acids is 1. The Morgan fingerprint density at radius 3 is 2.28 bits per heavy atom. The Morgan fingerprint density at radius 2 is 1.78 bits per heavy atom. The van der Waals surface area contributed by atoms with Gasteiger partial charge in [-0.3, -0.25) is 4.79 Å². The molecule has 0 aliphatic heterocycles. The first-order valence-electron chi connectivity index (χ1n) is 6.74. The van der Waals surface area contributed by atoms with Crippen LogP contribution >= 0.6 is 0 Å². The number of allylic oxidation sites excluding steroid dienone is 2. The second-order valence-corrected chi connectivity index (χ2v) is 5.70. The smallest absolute Gasteiger partial charge is 0.329 e. The summed E-state index contributed by atoms with van der Waals surface area (Å²) in [5.74, 6) is -0.492. The molecule has 18 heavy (non-hydrogen) atoms. The molecule has 1 amide bonds. The zero-order valence-electron chi connectivity index (χ0n) is 10.8. The molecule has 100 valence electrons. The summed E-state index contributed by atoms with van der Waals surface area (Å²) >= 11 is 0. The van der Waals surface area contributed by atoms with Gasteiger partial charge in [0.1, 0.15) is 5.54 Å². The standard InChI is InChI=1S/C14H21NO3/c1-10-6-8-14(9-7-10,13(17)18)15-12(16)11-4-2-3-5-11/h2-3,10-11H,4-9H2,1H3,(H,15,16)(H,17,18). The highest BCUT2D eigenvalue weighted by atomic mass is 16.4. The van der Waals surface area contributed by atoms with Crippen LogP contribution in [0.25, 0.3) is 0 Å². The van der Waals surface area contributed by atoms with Crippen molar-refractivity contribution in [3.05, 3.63) is 12.2 Å². The van der Waals surface area contributed by atoms with Crippen molar-refractivity contribution in [3.63, 3.8) is 0 Å². The third-order valence-corrected chi connectivity index (χ3v) is 4.28. The van der Waals surface area contributed by atoms with Crippen LogP contribution in [-0.2, 0) is 9.59 Å². The number of aliphatic carboxylic acids is 1. The van der Waals surface area contributed by atoms with Crippen molar-refractivity contribution in [2.75, 3.05) is 0 Å². The first-order chi connectivity index (χ1) is 8.53. The van der Waals surface area contributed by atoms with E-state index in [0.29, 0.717) is 18.8 Å². The maximum absolute atomic E-state index is 12.1. The van der Waals surface area contributed by atoms with Gasteiger partial charge in [-0.2, -0.15) is 0 Å². The molecule has 0 aromatic carbocycles. The summed E-state index contributed by atoms with van der Waals surface area (Å²) in [4.78, 5) is 23.6. The predicted molar refractivity (Wildman–Crippen MR) is 68.0 cm³/mol. The molecule has 1 fully saturated rings. The highest BCUT2D eigenvalue weighted by Gasteiger charge is 2.43. The molecule has 1 saturated carbocycles. The lowest BCUT2D eigenvalue weighted by atomic mass is 9.77. The van der Waals surface area contributed by atoms with Gasteiger partial charge < -0.3 is 10.4 Å². The largest absolute Gasteiger partial charge is 0.480 e. The third kappa shape index (κ3) is 2.57. The molecule has 0 aromatic rings. The zero-order chi connectivity index (χ0) is 13.2. The van der Waals surface area contributed by atoms with Gasteiger partial charge in [0.2, 0.25) is 5.91 Å². The van der Waals surface area contributed by atoms with Gasteiger partial charge in [-0.1, -0.05) is 19.1 Å². The van der Waals surface area contributed by atoms with Crippen LogP contribution in [-0.4, -0.2) is 22.5 Å². The van der Waals surface area contributed by atoms with Gasteiger partial charge in [-0.05, 0) is 44.4 Å². The van der Waals surface area contributed by atoms with E-state index in [1.54, 1.807) is 0 Å². The fourth-order valence-corrected chi connectivity index (χ4v) is 2.82. The number of carboxylic acids is 1. The van der Waals surface area contributed by atoms with Gasteiger partial charge in [0.25, 0.3) is 0 Å². The molecule has 0 bridgehead atoms. The summed E-state index contributed by atoms with van der Waals surface area (Å²) in [6.07, 6.45) is 8.28. The molecule has 0 heterocycles. The van der Waals surface area contributed by atoms with E-state index in [1.165, 1.54) is 0 Å². The van der Waals surface area contributed by atoms with Crippen molar-refractivity contribution in [1.82, 2.24) is 5.32 Å². The second kappa shape index (κ2) is 5.12. The molecular weight excluding hydrogens is 230 g/mol. The Labute approximate surface area is 107 Å². The molecular formula is C14H21NO3. The average molecular weight is 251 g/mol. The molecule has 2 rings (SSSR count). The van der Waals surface area contributed by atoms with E-state index in [1.807, 2.05) is 12.2 Å². The van der Waals surface area contributed by atoms with Crippen LogP contribution < -0.4 is 5.32 Å². The fraction of sp³-hybridized carbons (Fsp3) is 0.714. The van der Waals surface area contributed by atoms with Crippen molar-refractivity contribution in [1.29, 1.82) is 0 Å². The van der Waals surface area contributed by atoms with E-state index < -0.39 is 11.5 Å². The summed E-state index contributed by atoms with van der Waals surface area (Å²) in [5, 5.41) is 12.3. The Balaban J connectivity index is 2.02. The third-order valence-electron chi connectivity index (χ3n) is 4.28. The summed E-state index contributed by atoms with van der Waals surface area (Å²) in [6.45, 7) is 2.13. The zero-order valence-corrected chi connectivity index (χ0v) is 10.8. The number of hydrogen-bond donors (Lipinski definition) is 2. The first kappa shape index (κ1) is 13.1. The predicted octanol–water partition coefficient (Wildman–Crippen LogP) is 2.10. The van der Waals surface area contributed by atoms with E-state index in [-0.39, 0.29) is 11.8 Å². The molecule has 0 aromatic heterocycles. The average Bonchev–Trinajstić information content (AvgIpc) is 2.85. The molecule has 2 aliphatic carbocycles. The highest BCUT2D eigenvalue weighted by Crippen LogP contribution is 2.33. The van der Waals surface area contributed by atoms with Crippen molar-refractivity contribution in [3.8, 4) is 0 Å². The Bertz CT molecular complexity index is 359. The lowest BCUT2D eigenvalue weighted by Crippen LogP contribution is -2.57. The SMILES string of the molecule is CC1CCC(NC(=O)C2CC=CC2)(C(=O)O)CC1. The summed E-state index contributed by atoms with van der Waals surface area (Å²) in [5.41, 5.74) is -1.02. The summed E-state index contributed by atoms with van der Waals surface area (Å²) in [6, 6.07) is 0. The molecule has 2 aliphatic rings. The summed E-state index contributed by atoms with van der Waals surface area (Å²) in [7, 11) is 0. The van der Waals surface area contributed by atoms with E-state index in [0.717, 1.165) is 25.7 Å². The molecule has 0 saturated heterocycles. The highest BCUT2D eigenvalue weighted by molar-refractivity contribution is 5.88. The van der Waals surface area contributed by atoms with E-state index in [9.17, 15) is 14.7 Å². The van der Waals surface area contributed by atoms with E-state index in [2.05, 4.69) is 12.2 Å². The van der Waals surface area contributed by atoms with E-state index in [4.69, 9.17) is 0 Å². The van der Waals surface area contributed by atoms with Crippen LogP contribution in [0.1, 0.15) is 45.4 Å². The quantitative estimate of drug-likeness (QED) is 0.755. The molecule has 0 atom stereocenters. The number of rotatable bonds is 3. The van der Waals surface area contributed by atoms with Gasteiger partial charge >= 0.3 is 5.97 Å². The Kier molecular flexibility index (Phi) is 3.73. The number of amides is 1. The van der Waals surface area contributed by atoms with Gasteiger partial charge in [0, 0.05) is 5.92 Å². The lowest BCUT2D eigenvalue weighted by molar-refractivity contribution is -0.150. The minimum atomic E-state index is -1.02. The van der Waals surface area contributed by atoms with Crippen molar-refractivity contribution in [2.45, 2.75) is 51.0 Å². The Morgan fingerprint density at radius 1 is 1.22 bits per heavy atom. The van der Waals surface area contributed by atoms with Crippen LogP contribution in [0.15, 0.2) is 12.2 Å². The van der Waals surface area contributed by atoms with Crippen LogP contribution in [0.4, 0.5) is 0 Å². The number of hydrogen-bond acceptors (Lipinski definition) is 2. The van der Waals surface area contributed by atoms with Gasteiger partial charge in [0.15, 0.2) is 0 Å². The van der Waals surface area contributed by atoms with Crippen molar-refractivity contribution < 1.29 is 14.7 Å².